The van der Waals surface area contributed by atoms with Gasteiger partial charge in [-0.3, -0.25) is 0 Å². The van der Waals surface area contributed by atoms with E-state index in [0.717, 1.165) is 28.9 Å². The molecule has 4 heteroatoms. The molecule has 0 aromatic heterocycles. The summed E-state index contributed by atoms with van der Waals surface area (Å²) in [5.74, 6) is 2.13. The van der Waals surface area contributed by atoms with Crippen LogP contribution in [0.15, 0.2) is 16.6 Å². The number of benzene rings is 1. The summed E-state index contributed by atoms with van der Waals surface area (Å²) >= 11 is 3.52. The quantitative estimate of drug-likeness (QED) is 0.820. The number of methoxy groups -OCH3 is 2. The molecule has 19 heavy (non-hydrogen) atoms. The van der Waals surface area contributed by atoms with Gasteiger partial charge in [0.1, 0.15) is 0 Å². The smallest absolute Gasteiger partial charge is 0.174 e. The van der Waals surface area contributed by atoms with Gasteiger partial charge in [0, 0.05) is 12.6 Å². The fourth-order valence-corrected chi connectivity index (χ4v) is 2.83. The molecule has 108 valence electrons. The second-order valence-electron chi connectivity index (χ2n) is 4.95. The molecule has 0 bridgehead atoms. The highest BCUT2D eigenvalue weighted by atomic mass is 79.9. The Morgan fingerprint density at radius 2 is 1.89 bits per heavy atom. The van der Waals surface area contributed by atoms with Crippen molar-refractivity contribution in [3.8, 4) is 11.5 Å². The van der Waals surface area contributed by atoms with Crippen molar-refractivity contribution in [2.75, 3.05) is 14.2 Å². The van der Waals surface area contributed by atoms with Crippen molar-refractivity contribution in [2.24, 2.45) is 5.92 Å². The van der Waals surface area contributed by atoms with Crippen LogP contribution < -0.4 is 14.8 Å². The van der Waals surface area contributed by atoms with Crippen LogP contribution in [0.3, 0.4) is 0 Å². The van der Waals surface area contributed by atoms with Crippen LogP contribution in [-0.4, -0.2) is 20.3 Å². The van der Waals surface area contributed by atoms with Crippen molar-refractivity contribution in [2.45, 2.75) is 39.8 Å². The normalized spacial score (nSPS) is 12.6. The molecule has 1 aromatic carbocycles. The van der Waals surface area contributed by atoms with Crippen LogP contribution in [0.4, 0.5) is 0 Å². The Kier molecular flexibility index (Phi) is 6.66. The van der Waals surface area contributed by atoms with Gasteiger partial charge in [0.25, 0.3) is 0 Å². The number of ether oxygens (including phenoxy) is 2. The second-order valence-corrected chi connectivity index (χ2v) is 5.81. The van der Waals surface area contributed by atoms with Gasteiger partial charge in [0.15, 0.2) is 11.5 Å². The average molecular weight is 330 g/mol. The summed E-state index contributed by atoms with van der Waals surface area (Å²) in [6.07, 6.45) is 1.13. The Labute approximate surface area is 124 Å². The van der Waals surface area contributed by atoms with E-state index in [1.165, 1.54) is 5.56 Å². The lowest BCUT2D eigenvalue weighted by atomic mass is 10.0. The van der Waals surface area contributed by atoms with Gasteiger partial charge in [-0.25, -0.2) is 0 Å². The third-order valence-electron chi connectivity index (χ3n) is 3.31. The number of halogens is 1. The summed E-state index contributed by atoms with van der Waals surface area (Å²) in [5, 5.41) is 3.58. The summed E-state index contributed by atoms with van der Waals surface area (Å²) in [4.78, 5) is 0. The molecular weight excluding hydrogens is 306 g/mol. The van der Waals surface area contributed by atoms with Gasteiger partial charge in [-0.05, 0) is 46.0 Å². The lowest BCUT2D eigenvalue weighted by Crippen LogP contribution is -2.32. The van der Waals surface area contributed by atoms with E-state index in [2.05, 4.69) is 48.1 Å². The van der Waals surface area contributed by atoms with E-state index in [-0.39, 0.29) is 0 Å². The minimum atomic E-state index is 0.534. The predicted octanol–water partition coefficient (Wildman–Crippen LogP) is 3.99. The highest BCUT2D eigenvalue weighted by Gasteiger charge is 2.13. The van der Waals surface area contributed by atoms with Crippen molar-refractivity contribution in [1.82, 2.24) is 5.32 Å². The monoisotopic (exact) mass is 329 g/mol. The Morgan fingerprint density at radius 1 is 1.21 bits per heavy atom. The molecule has 0 saturated heterocycles. The van der Waals surface area contributed by atoms with E-state index in [4.69, 9.17) is 9.47 Å². The number of hydrogen-bond donors (Lipinski definition) is 1. The number of hydrogen-bond acceptors (Lipinski definition) is 3. The van der Waals surface area contributed by atoms with Gasteiger partial charge in [0.2, 0.25) is 0 Å². The second kappa shape index (κ2) is 7.75. The zero-order valence-corrected chi connectivity index (χ0v) is 14.0. The zero-order valence-electron chi connectivity index (χ0n) is 12.4. The van der Waals surface area contributed by atoms with E-state index >= 15 is 0 Å². The maximum absolute atomic E-state index is 5.36. The highest BCUT2D eigenvalue weighted by molar-refractivity contribution is 9.10. The highest BCUT2D eigenvalue weighted by Crippen LogP contribution is 2.36. The Hall–Kier alpha value is -0.740. The molecule has 1 aromatic rings. The van der Waals surface area contributed by atoms with Crippen LogP contribution in [-0.2, 0) is 6.54 Å². The maximum atomic E-state index is 5.36. The molecule has 0 radical (unpaired) electrons. The minimum Gasteiger partial charge on any atom is -0.493 e. The van der Waals surface area contributed by atoms with Crippen molar-refractivity contribution >= 4 is 15.9 Å². The van der Waals surface area contributed by atoms with Crippen molar-refractivity contribution in [3.63, 3.8) is 0 Å². The summed E-state index contributed by atoms with van der Waals surface area (Å²) in [7, 11) is 3.30. The molecule has 1 atom stereocenters. The molecule has 0 aliphatic heterocycles. The van der Waals surface area contributed by atoms with Crippen LogP contribution in [0, 0.1) is 5.92 Å². The van der Waals surface area contributed by atoms with Gasteiger partial charge >= 0.3 is 0 Å². The first kappa shape index (κ1) is 16.3. The van der Waals surface area contributed by atoms with Crippen LogP contribution >= 0.6 is 15.9 Å². The van der Waals surface area contributed by atoms with Crippen LogP contribution in [0.1, 0.15) is 32.8 Å². The standard InChI is InChI=1S/C15H24BrNO2/c1-6-13(10(2)3)17-9-11-7-12(16)15(19-5)14(8-11)18-4/h7-8,10,13,17H,6,9H2,1-5H3. The van der Waals surface area contributed by atoms with E-state index in [9.17, 15) is 0 Å². The van der Waals surface area contributed by atoms with Crippen LogP contribution in [0.25, 0.3) is 0 Å². The first-order chi connectivity index (χ1) is 9.03. The zero-order chi connectivity index (χ0) is 14.4. The van der Waals surface area contributed by atoms with Crippen LogP contribution in [0.5, 0.6) is 11.5 Å². The first-order valence-corrected chi connectivity index (χ1v) is 7.46. The van der Waals surface area contributed by atoms with Gasteiger partial charge in [0.05, 0.1) is 18.7 Å². The fourth-order valence-electron chi connectivity index (χ4n) is 2.17. The molecule has 0 saturated carbocycles. The van der Waals surface area contributed by atoms with Crippen LogP contribution in [0.2, 0.25) is 0 Å². The SMILES string of the molecule is CCC(NCc1cc(Br)c(OC)c(OC)c1)C(C)C. The molecule has 0 aliphatic carbocycles. The lowest BCUT2D eigenvalue weighted by molar-refractivity contribution is 0.351. The summed E-state index contributed by atoms with van der Waals surface area (Å²) < 4.78 is 11.6. The summed E-state index contributed by atoms with van der Waals surface area (Å²) in [6, 6.07) is 4.62. The molecule has 0 fully saturated rings. The van der Waals surface area contributed by atoms with Gasteiger partial charge in [-0.1, -0.05) is 20.8 Å². The minimum absolute atomic E-state index is 0.534. The third-order valence-corrected chi connectivity index (χ3v) is 3.90. The summed E-state index contributed by atoms with van der Waals surface area (Å²) in [5.41, 5.74) is 1.18. The molecule has 0 heterocycles. The number of nitrogens with one attached hydrogen (secondary N) is 1. The first-order valence-electron chi connectivity index (χ1n) is 6.67. The Morgan fingerprint density at radius 3 is 2.37 bits per heavy atom. The van der Waals surface area contributed by atoms with Gasteiger partial charge in [-0.15, -0.1) is 0 Å². The summed E-state index contributed by atoms with van der Waals surface area (Å²) in [6.45, 7) is 7.52. The lowest BCUT2D eigenvalue weighted by Gasteiger charge is -2.21. The predicted molar refractivity (Wildman–Crippen MR) is 83.0 cm³/mol. The van der Waals surface area contributed by atoms with E-state index in [1.54, 1.807) is 14.2 Å². The molecule has 3 nitrogen and oxygen atoms in total. The molecule has 0 aliphatic rings. The molecular formula is C15H24BrNO2. The molecule has 1 N–H and O–H groups in total. The van der Waals surface area contributed by atoms with E-state index in [0.29, 0.717) is 12.0 Å². The largest absolute Gasteiger partial charge is 0.493 e. The fraction of sp³-hybridized carbons (Fsp3) is 0.600. The Balaban J connectivity index is 2.82. The van der Waals surface area contributed by atoms with Crippen molar-refractivity contribution in [1.29, 1.82) is 0 Å². The van der Waals surface area contributed by atoms with E-state index < -0.39 is 0 Å². The van der Waals surface area contributed by atoms with E-state index in [1.807, 2.05) is 6.07 Å². The molecule has 0 amide bonds. The Bertz CT molecular complexity index is 407. The maximum Gasteiger partial charge on any atom is 0.174 e. The van der Waals surface area contributed by atoms with Gasteiger partial charge in [-0.2, -0.15) is 0 Å². The number of rotatable bonds is 7. The van der Waals surface area contributed by atoms with Crippen molar-refractivity contribution < 1.29 is 9.47 Å². The van der Waals surface area contributed by atoms with Gasteiger partial charge < -0.3 is 14.8 Å². The molecule has 1 unspecified atom stereocenters. The topological polar surface area (TPSA) is 30.5 Å². The van der Waals surface area contributed by atoms with Crippen molar-refractivity contribution in [3.05, 3.63) is 22.2 Å². The molecule has 0 spiro atoms. The molecule has 1 rings (SSSR count). The average Bonchev–Trinajstić information content (AvgIpc) is 2.38. The third kappa shape index (κ3) is 4.39.